The highest BCUT2D eigenvalue weighted by Gasteiger charge is 2.37. The molecule has 59 heavy (non-hydrogen) atoms. The molecule has 5 heteroatoms. The van der Waals surface area contributed by atoms with E-state index in [0.717, 1.165) is 39.1 Å². The summed E-state index contributed by atoms with van der Waals surface area (Å²) in [6.45, 7) is 4.69. The minimum Gasteiger partial charge on any atom is -0.309 e. The molecular formula is C54H37N5. The Kier molecular flexibility index (Phi) is 7.20. The second kappa shape index (κ2) is 12.7. The second-order valence-corrected chi connectivity index (χ2v) is 16.1. The highest BCUT2D eigenvalue weighted by atomic mass is 15.0. The molecule has 0 fully saturated rings. The molecule has 12 rings (SSSR count). The summed E-state index contributed by atoms with van der Waals surface area (Å²) in [6.07, 6.45) is 0. The fourth-order valence-corrected chi connectivity index (χ4v) is 9.63. The Balaban J connectivity index is 1.06. The molecule has 0 amide bonds. The van der Waals surface area contributed by atoms with E-state index < -0.39 is 0 Å². The molecule has 1 aliphatic rings. The first-order valence-corrected chi connectivity index (χ1v) is 20.2. The molecule has 0 spiro atoms. The van der Waals surface area contributed by atoms with Gasteiger partial charge >= 0.3 is 0 Å². The summed E-state index contributed by atoms with van der Waals surface area (Å²) in [5, 5.41) is 4.93. The van der Waals surface area contributed by atoms with Gasteiger partial charge in [0.1, 0.15) is 0 Å². The number of nitrogens with zero attached hydrogens (tertiary/aromatic N) is 5. The first kappa shape index (κ1) is 33.5. The molecule has 278 valence electrons. The Hall–Kier alpha value is -7.63. The van der Waals surface area contributed by atoms with Gasteiger partial charge in [-0.2, -0.15) is 0 Å². The number of para-hydroxylation sites is 3. The highest BCUT2D eigenvalue weighted by Crippen LogP contribution is 2.53. The summed E-state index contributed by atoms with van der Waals surface area (Å²) in [6, 6.07) is 67.0. The monoisotopic (exact) mass is 755 g/mol. The molecule has 3 heterocycles. The van der Waals surface area contributed by atoms with Gasteiger partial charge in [-0.05, 0) is 59.2 Å². The minimum absolute atomic E-state index is 0.114. The quantitative estimate of drug-likeness (QED) is 0.176. The molecule has 0 saturated carbocycles. The van der Waals surface area contributed by atoms with Gasteiger partial charge in [0, 0.05) is 60.6 Å². The molecule has 0 atom stereocenters. The van der Waals surface area contributed by atoms with Gasteiger partial charge in [-0.3, -0.25) is 0 Å². The van der Waals surface area contributed by atoms with Crippen LogP contribution in [0.3, 0.4) is 0 Å². The number of benzene rings is 8. The maximum absolute atomic E-state index is 5.26. The molecule has 8 aromatic carbocycles. The maximum Gasteiger partial charge on any atom is 0.164 e. The summed E-state index contributed by atoms with van der Waals surface area (Å²) >= 11 is 0. The van der Waals surface area contributed by atoms with Crippen LogP contribution < -0.4 is 0 Å². The Morgan fingerprint density at radius 2 is 0.847 bits per heavy atom. The normalized spacial score (nSPS) is 13.1. The lowest BCUT2D eigenvalue weighted by molar-refractivity contribution is 0.661. The van der Waals surface area contributed by atoms with Crippen molar-refractivity contribution < 1.29 is 0 Å². The molecule has 0 aliphatic heterocycles. The van der Waals surface area contributed by atoms with Gasteiger partial charge in [0.15, 0.2) is 17.5 Å². The van der Waals surface area contributed by atoms with E-state index in [9.17, 15) is 0 Å². The second-order valence-electron chi connectivity index (χ2n) is 16.1. The predicted molar refractivity (Wildman–Crippen MR) is 242 cm³/mol. The summed E-state index contributed by atoms with van der Waals surface area (Å²) < 4.78 is 4.78. The fourth-order valence-electron chi connectivity index (χ4n) is 9.63. The van der Waals surface area contributed by atoms with Gasteiger partial charge in [0.05, 0.1) is 22.1 Å². The fraction of sp³-hybridized carbons (Fsp3) is 0.0556. The van der Waals surface area contributed by atoms with Crippen LogP contribution in [-0.4, -0.2) is 24.1 Å². The van der Waals surface area contributed by atoms with Gasteiger partial charge in [-0.25, -0.2) is 15.0 Å². The van der Waals surface area contributed by atoms with Crippen molar-refractivity contribution in [1.29, 1.82) is 0 Å². The van der Waals surface area contributed by atoms with Crippen LogP contribution in [0.1, 0.15) is 25.0 Å². The van der Waals surface area contributed by atoms with E-state index in [2.05, 4.69) is 193 Å². The van der Waals surface area contributed by atoms with E-state index >= 15 is 0 Å². The number of rotatable bonds is 5. The van der Waals surface area contributed by atoms with Crippen LogP contribution in [0.4, 0.5) is 0 Å². The average molecular weight is 756 g/mol. The van der Waals surface area contributed by atoms with E-state index in [0.29, 0.717) is 17.5 Å². The first-order valence-electron chi connectivity index (χ1n) is 20.2. The predicted octanol–water partition coefficient (Wildman–Crippen LogP) is 13.4. The zero-order valence-corrected chi connectivity index (χ0v) is 32.6. The third-order valence-corrected chi connectivity index (χ3v) is 12.4. The third kappa shape index (κ3) is 5.01. The van der Waals surface area contributed by atoms with E-state index in [1.807, 2.05) is 18.2 Å². The molecule has 0 N–H and O–H groups in total. The van der Waals surface area contributed by atoms with Gasteiger partial charge in [0.2, 0.25) is 0 Å². The zero-order valence-electron chi connectivity index (χ0n) is 32.6. The third-order valence-electron chi connectivity index (χ3n) is 12.4. The van der Waals surface area contributed by atoms with Crippen molar-refractivity contribution in [2.24, 2.45) is 0 Å². The van der Waals surface area contributed by atoms with Crippen molar-refractivity contribution in [1.82, 2.24) is 24.1 Å². The van der Waals surface area contributed by atoms with Crippen molar-refractivity contribution in [3.05, 3.63) is 199 Å². The summed E-state index contributed by atoms with van der Waals surface area (Å²) in [5.41, 5.74) is 14.8. The minimum atomic E-state index is -0.114. The van der Waals surface area contributed by atoms with E-state index in [4.69, 9.17) is 15.0 Å². The van der Waals surface area contributed by atoms with Crippen molar-refractivity contribution in [2.45, 2.75) is 19.3 Å². The lowest BCUT2D eigenvalue weighted by Gasteiger charge is -2.21. The van der Waals surface area contributed by atoms with E-state index in [1.165, 1.54) is 54.8 Å². The van der Waals surface area contributed by atoms with Gasteiger partial charge in [-0.15, -0.1) is 0 Å². The Morgan fingerprint density at radius 1 is 0.373 bits per heavy atom. The van der Waals surface area contributed by atoms with E-state index in [-0.39, 0.29) is 5.41 Å². The van der Waals surface area contributed by atoms with Crippen molar-refractivity contribution in [3.8, 4) is 56.7 Å². The lowest BCUT2D eigenvalue weighted by atomic mass is 9.82. The highest BCUT2D eigenvalue weighted by molar-refractivity contribution is 6.15. The van der Waals surface area contributed by atoms with Gasteiger partial charge in [-0.1, -0.05) is 159 Å². The van der Waals surface area contributed by atoms with Crippen molar-refractivity contribution in [3.63, 3.8) is 0 Å². The van der Waals surface area contributed by atoms with Crippen LogP contribution in [0.5, 0.6) is 0 Å². The van der Waals surface area contributed by atoms with Crippen LogP contribution in [0.25, 0.3) is 100 Å². The molecule has 1 aliphatic carbocycles. The maximum atomic E-state index is 5.26. The molecule has 0 saturated heterocycles. The van der Waals surface area contributed by atoms with Crippen molar-refractivity contribution in [2.75, 3.05) is 0 Å². The molecule has 0 bridgehead atoms. The average Bonchev–Trinajstić information content (AvgIpc) is 3.90. The van der Waals surface area contributed by atoms with Gasteiger partial charge in [0.25, 0.3) is 0 Å². The van der Waals surface area contributed by atoms with Crippen LogP contribution in [0, 0.1) is 0 Å². The van der Waals surface area contributed by atoms with Gasteiger partial charge < -0.3 is 9.13 Å². The molecular weight excluding hydrogens is 719 g/mol. The Labute approximate surface area is 341 Å². The Morgan fingerprint density at radius 3 is 1.47 bits per heavy atom. The summed E-state index contributed by atoms with van der Waals surface area (Å²) in [4.78, 5) is 15.6. The molecule has 0 radical (unpaired) electrons. The van der Waals surface area contributed by atoms with Crippen LogP contribution in [-0.2, 0) is 5.41 Å². The number of fused-ring (bicyclic) bond motifs is 10. The number of aromatic nitrogens is 5. The molecule has 5 nitrogen and oxygen atoms in total. The van der Waals surface area contributed by atoms with Crippen LogP contribution in [0.15, 0.2) is 188 Å². The SMILES string of the molecule is CC1(C)c2ccccc2-c2c1ccc1c3ccccc3n(-c3cccc(-c4nc(-c5ccccc5)nc(-c5cccc(-n6c7ccccc7c7ccccc76)c5)n4)c3)c21. The zero-order chi connectivity index (χ0) is 39.2. The topological polar surface area (TPSA) is 48.5 Å². The lowest BCUT2D eigenvalue weighted by Crippen LogP contribution is -2.14. The smallest absolute Gasteiger partial charge is 0.164 e. The standard InChI is InChI=1S/C54H37N5/c1-54(2)44-26-10-6-25-43(44)49-45(54)31-30-42-41-24-9-13-29-48(41)59(50(42)49)38-21-15-19-36(33-38)53-56-51(34-16-4-3-5-17-34)55-52(57-53)35-18-14-20-37(32-35)58-46-27-11-7-22-39(46)40-23-8-12-28-47(40)58/h3-33H,1-2H3. The summed E-state index contributed by atoms with van der Waals surface area (Å²) in [7, 11) is 0. The Bertz CT molecular complexity index is 3430. The van der Waals surface area contributed by atoms with Crippen molar-refractivity contribution >= 4 is 43.6 Å². The largest absolute Gasteiger partial charge is 0.309 e. The van der Waals surface area contributed by atoms with Crippen LogP contribution >= 0.6 is 0 Å². The van der Waals surface area contributed by atoms with Crippen LogP contribution in [0.2, 0.25) is 0 Å². The summed E-state index contributed by atoms with van der Waals surface area (Å²) in [5.74, 6) is 1.87. The molecule has 3 aromatic heterocycles. The van der Waals surface area contributed by atoms with E-state index in [1.54, 1.807) is 0 Å². The molecule has 0 unspecified atom stereocenters. The number of hydrogen-bond acceptors (Lipinski definition) is 3. The first-order chi connectivity index (χ1) is 29.0. The number of hydrogen-bond donors (Lipinski definition) is 0. The molecule has 11 aromatic rings.